The molecule has 0 aliphatic carbocycles. The van der Waals surface area contributed by atoms with Crippen molar-refractivity contribution in [2.45, 2.75) is 53.0 Å². The monoisotopic (exact) mass is 183 g/mol. The number of hydrogen-bond donors (Lipinski definition) is 1. The molecule has 0 aromatic rings. The van der Waals surface area contributed by atoms with Gasteiger partial charge >= 0.3 is 0 Å². The lowest BCUT2D eigenvalue weighted by Crippen LogP contribution is -2.44. The highest BCUT2D eigenvalue weighted by atomic mass is 14.9. The molecule has 78 valence electrons. The van der Waals surface area contributed by atoms with E-state index in [0.29, 0.717) is 0 Å². The van der Waals surface area contributed by atoms with E-state index in [1.54, 1.807) is 0 Å². The van der Waals surface area contributed by atoms with E-state index >= 15 is 0 Å². The van der Waals surface area contributed by atoms with Crippen LogP contribution in [0.1, 0.15) is 47.0 Å². The van der Waals surface area contributed by atoms with E-state index in [1.165, 1.54) is 25.8 Å². The lowest BCUT2D eigenvalue weighted by atomic mass is 9.81. The quantitative estimate of drug-likeness (QED) is 0.709. The van der Waals surface area contributed by atoms with E-state index in [0.717, 1.165) is 23.8 Å². The molecule has 0 bridgehead atoms. The molecular formula is C12H25N. The van der Waals surface area contributed by atoms with Crippen LogP contribution in [0.5, 0.6) is 0 Å². The van der Waals surface area contributed by atoms with Crippen molar-refractivity contribution < 1.29 is 0 Å². The molecule has 0 saturated carbocycles. The SMILES string of the molecule is CC(C)CC(C)C1NCCCC1C. The van der Waals surface area contributed by atoms with Crippen LogP contribution in [-0.2, 0) is 0 Å². The zero-order valence-corrected chi connectivity index (χ0v) is 9.64. The van der Waals surface area contributed by atoms with Gasteiger partial charge in [-0.3, -0.25) is 0 Å². The van der Waals surface area contributed by atoms with Crippen LogP contribution in [0, 0.1) is 17.8 Å². The Kier molecular flexibility index (Phi) is 4.24. The number of nitrogens with one attached hydrogen (secondary N) is 1. The number of rotatable bonds is 3. The highest BCUT2D eigenvalue weighted by molar-refractivity contribution is 4.82. The van der Waals surface area contributed by atoms with Gasteiger partial charge in [-0.25, -0.2) is 0 Å². The van der Waals surface area contributed by atoms with Crippen molar-refractivity contribution in [1.29, 1.82) is 0 Å². The van der Waals surface area contributed by atoms with Gasteiger partial charge in [0.2, 0.25) is 0 Å². The van der Waals surface area contributed by atoms with Crippen molar-refractivity contribution in [2.75, 3.05) is 6.54 Å². The molecule has 1 aliphatic rings. The smallest absolute Gasteiger partial charge is 0.0118 e. The van der Waals surface area contributed by atoms with Gasteiger partial charge in [-0.1, -0.05) is 27.7 Å². The summed E-state index contributed by atoms with van der Waals surface area (Å²) in [5.74, 6) is 2.56. The van der Waals surface area contributed by atoms with Crippen molar-refractivity contribution in [3.63, 3.8) is 0 Å². The molecule has 13 heavy (non-hydrogen) atoms. The van der Waals surface area contributed by atoms with Crippen LogP contribution in [0.15, 0.2) is 0 Å². The Balaban J connectivity index is 2.39. The zero-order valence-electron chi connectivity index (χ0n) is 9.64. The van der Waals surface area contributed by atoms with Gasteiger partial charge in [0.25, 0.3) is 0 Å². The van der Waals surface area contributed by atoms with E-state index in [4.69, 9.17) is 0 Å². The van der Waals surface area contributed by atoms with Crippen LogP contribution < -0.4 is 5.32 Å². The Bertz CT molecular complexity index is 142. The molecule has 1 N–H and O–H groups in total. The van der Waals surface area contributed by atoms with Gasteiger partial charge in [-0.05, 0) is 43.6 Å². The van der Waals surface area contributed by atoms with Gasteiger partial charge in [0.05, 0.1) is 0 Å². The third-order valence-electron chi connectivity index (χ3n) is 3.29. The summed E-state index contributed by atoms with van der Waals surface area (Å²) in [6, 6.07) is 0.774. The molecule has 3 atom stereocenters. The average Bonchev–Trinajstić information content (AvgIpc) is 2.03. The van der Waals surface area contributed by atoms with Gasteiger partial charge in [-0.2, -0.15) is 0 Å². The minimum Gasteiger partial charge on any atom is -0.313 e. The Morgan fingerprint density at radius 2 is 2.00 bits per heavy atom. The van der Waals surface area contributed by atoms with Crippen LogP contribution in [0.25, 0.3) is 0 Å². The summed E-state index contributed by atoms with van der Waals surface area (Å²) in [7, 11) is 0. The lowest BCUT2D eigenvalue weighted by Gasteiger charge is -2.35. The van der Waals surface area contributed by atoms with Gasteiger partial charge in [0.15, 0.2) is 0 Å². The summed E-state index contributed by atoms with van der Waals surface area (Å²) in [6.07, 6.45) is 4.15. The topological polar surface area (TPSA) is 12.0 Å². The van der Waals surface area contributed by atoms with Gasteiger partial charge in [0, 0.05) is 6.04 Å². The lowest BCUT2D eigenvalue weighted by molar-refractivity contribution is 0.211. The average molecular weight is 183 g/mol. The van der Waals surface area contributed by atoms with Crippen LogP contribution in [0.4, 0.5) is 0 Å². The number of hydrogen-bond acceptors (Lipinski definition) is 1. The number of piperidine rings is 1. The Morgan fingerprint density at radius 3 is 2.54 bits per heavy atom. The molecule has 0 aromatic heterocycles. The Labute approximate surface area is 83.3 Å². The molecule has 0 spiro atoms. The van der Waals surface area contributed by atoms with Crippen LogP contribution in [0.3, 0.4) is 0 Å². The molecule has 1 heterocycles. The Morgan fingerprint density at radius 1 is 1.31 bits per heavy atom. The van der Waals surface area contributed by atoms with E-state index in [-0.39, 0.29) is 0 Å². The zero-order chi connectivity index (χ0) is 9.84. The van der Waals surface area contributed by atoms with E-state index in [2.05, 4.69) is 33.0 Å². The first-order valence-electron chi connectivity index (χ1n) is 5.84. The van der Waals surface area contributed by atoms with Crippen molar-refractivity contribution in [1.82, 2.24) is 5.32 Å². The first-order valence-corrected chi connectivity index (χ1v) is 5.84. The molecule has 0 aromatic carbocycles. The largest absolute Gasteiger partial charge is 0.313 e. The molecule has 1 fully saturated rings. The fourth-order valence-corrected chi connectivity index (χ4v) is 2.73. The van der Waals surface area contributed by atoms with Crippen molar-refractivity contribution >= 4 is 0 Å². The van der Waals surface area contributed by atoms with Crippen LogP contribution >= 0.6 is 0 Å². The van der Waals surface area contributed by atoms with Gasteiger partial charge < -0.3 is 5.32 Å². The third kappa shape index (κ3) is 3.30. The summed E-state index contributed by atoms with van der Waals surface area (Å²) in [5, 5.41) is 3.67. The minimum absolute atomic E-state index is 0.774. The van der Waals surface area contributed by atoms with Gasteiger partial charge in [-0.15, -0.1) is 0 Å². The highest BCUT2D eigenvalue weighted by Crippen LogP contribution is 2.25. The summed E-state index contributed by atoms with van der Waals surface area (Å²) in [6.45, 7) is 10.7. The maximum Gasteiger partial charge on any atom is 0.0118 e. The van der Waals surface area contributed by atoms with Crippen LogP contribution in [0.2, 0.25) is 0 Å². The third-order valence-corrected chi connectivity index (χ3v) is 3.29. The molecule has 1 nitrogen and oxygen atoms in total. The van der Waals surface area contributed by atoms with Crippen molar-refractivity contribution in [3.05, 3.63) is 0 Å². The molecule has 1 rings (SSSR count). The summed E-state index contributed by atoms with van der Waals surface area (Å²) in [4.78, 5) is 0. The second-order valence-electron chi connectivity index (χ2n) is 5.21. The molecular weight excluding hydrogens is 158 g/mol. The first-order chi connectivity index (χ1) is 6.11. The van der Waals surface area contributed by atoms with Gasteiger partial charge in [0.1, 0.15) is 0 Å². The standard InChI is InChI=1S/C12H25N/c1-9(2)8-11(4)12-10(3)6-5-7-13-12/h9-13H,5-8H2,1-4H3. The van der Waals surface area contributed by atoms with E-state index in [1.807, 2.05) is 0 Å². The molecule has 1 aliphatic heterocycles. The summed E-state index contributed by atoms with van der Waals surface area (Å²) >= 11 is 0. The molecule has 1 saturated heterocycles. The summed E-state index contributed by atoms with van der Waals surface area (Å²) in [5.41, 5.74) is 0. The maximum atomic E-state index is 3.67. The first kappa shape index (κ1) is 11.0. The summed E-state index contributed by atoms with van der Waals surface area (Å²) < 4.78 is 0. The fraction of sp³-hybridized carbons (Fsp3) is 1.00. The second kappa shape index (κ2) is 4.99. The molecule has 0 amide bonds. The molecule has 0 radical (unpaired) electrons. The fourth-order valence-electron chi connectivity index (χ4n) is 2.73. The minimum atomic E-state index is 0.774. The van der Waals surface area contributed by atoms with Crippen molar-refractivity contribution in [2.24, 2.45) is 17.8 Å². The van der Waals surface area contributed by atoms with E-state index < -0.39 is 0 Å². The normalized spacial score (nSPS) is 32.1. The second-order valence-corrected chi connectivity index (χ2v) is 5.21. The molecule has 3 unspecified atom stereocenters. The molecule has 1 heteroatoms. The van der Waals surface area contributed by atoms with E-state index in [9.17, 15) is 0 Å². The van der Waals surface area contributed by atoms with Crippen LogP contribution in [-0.4, -0.2) is 12.6 Å². The predicted octanol–water partition coefficient (Wildman–Crippen LogP) is 3.06. The highest BCUT2D eigenvalue weighted by Gasteiger charge is 2.25. The Hall–Kier alpha value is -0.0400. The van der Waals surface area contributed by atoms with Crippen molar-refractivity contribution in [3.8, 4) is 0 Å². The maximum absolute atomic E-state index is 3.67. The predicted molar refractivity (Wildman–Crippen MR) is 58.8 cm³/mol.